The molecular weight excluding hydrogens is 469 g/mol. The molecule has 0 fully saturated rings. The number of carbonyl (C=O) groups excluding carboxylic acids is 2. The van der Waals surface area contributed by atoms with E-state index in [0.717, 1.165) is 5.56 Å². The monoisotopic (exact) mass is 485 g/mol. The van der Waals surface area contributed by atoms with Crippen molar-refractivity contribution in [3.8, 4) is 0 Å². The summed E-state index contributed by atoms with van der Waals surface area (Å²) in [5.41, 5.74) is 1.49. The summed E-state index contributed by atoms with van der Waals surface area (Å²) in [6.45, 7) is 0. The number of hydrogen-bond donors (Lipinski definition) is 3. The number of carbonyl (C=O) groups is 2. The van der Waals surface area contributed by atoms with E-state index in [0.29, 0.717) is 5.69 Å². The predicted molar refractivity (Wildman–Crippen MR) is 125 cm³/mol. The SMILES string of the molecule is COC(=O)c1ccccc1NC(=S)NC(NC(=O)C=Cc1ccccc1)C(Cl)(Cl)Cl. The molecule has 0 heterocycles. The van der Waals surface area contributed by atoms with Crippen LogP contribution in [0.5, 0.6) is 0 Å². The van der Waals surface area contributed by atoms with E-state index in [2.05, 4.69) is 16.0 Å². The molecule has 1 unspecified atom stereocenters. The zero-order chi connectivity index (χ0) is 22.1. The highest BCUT2D eigenvalue weighted by Gasteiger charge is 2.34. The summed E-state index contributed by atoms with van der Waals surface area (Å²) >= 11 is 23.2. The lowest BCUT2D eigenvalue weighted by molar-refractivity contribution is -0.117. The molecule has 0 aliphatic rings. The minimum absolute atomic E-state index is 0.0232. The molecule has 2 aromatic carbocycles. The van der Waals surface area contributed by atoms with Crippen molar-refractivity contribution in [1.29, 1.82) is 0 Å². The molecule has 0 saturated heterocycles. The molecule has 0 aliphatic heterocycles. The third-order valence-electron chi connectivity index (χ3n) is 3.70. The summed E-state index contributed by atoms with van der Waals surface area (Å²) in [4.78, 5) is 24.1. The van der Waals surface area contributed by atoms with Crippen LogP contribution in [0.1, 0.15) is 15.9 Å². The molecule has 0 aliphatic carbocycles. The summed E-state index contributed by atoms with van der Waals surface area (Å²) < 4.78 is 2.83. The van der Waals surface area contributed by atoms with Gasteiger partial charge in [-0.1, -0.05) is 77.3 Å². The lowest BCUT2D eigenvalue weighted by atomic mass is 10.2. The summed E-state index contributed by atoms with van der Waals surface area (Å²) in [5, 5.41) is 8.12. The topological polar surface area (TPSA) is 79.5 Å². The Bertz CT molecular complexity index is 934. The van der Waals surface area contributed by atoms with Crippen LogP contribution in [-0.4, -0.2) is 34.1 Å². The van der Waals surface area contributed by atoms with Gasteiger partial charge in [-0.15, -0.1) is 0 Å². The Kier molecular flexibility index (Phi) is 8.92. The van der Waals surface area contributed by atoms with E-state index >= 15 is 0 Å². The zero-order valence-electron chi connectivity index (χ0n) is 15.7. The van der Waals surface area contributed by atoms with Gasteiger partial charge in [0.15, 0.2) is 5.11 Å². The lowest BCUT2D eigenvalue weighted by Crippen LogP contribution is -2.55. The molecule has 30 heavy (non-hydrogen) atoms. The molecule has 10 heteroatoms. The van der Waals surface area contributed by atoms with Crippen LogP contribution in [0.25, 0.3) is 6.08 Å². The Hall–Kier alpha value is -2.32. The van der Waals surface area contributed by atoms with Crippen LogP contribution in [-0.2, 0) is 9.53 Å². The van der Waals surface area contributed by atoms with Crippen molar-refractivity contribution in [2.45, 2.75) is 9.96 Å². The van der Waals surface area contributed by atoms with Crippen molar-refractivity contribution in [2.24, 2.45) is 0 Å². The maximum atomic E-state index is 12.3. The van der Waals surface area contributed by atoms with E-state index in [-0.39, 0.29) is 10.7 Å². The second-order valence-electron chi connectivity index (χ2n) is 5.86. The molecular formula is C20H18Cl3N3O3S. The molecule has 3 N–H and O–H groups in total. The van der Waals surface area contributed by atoms with Gasteiger partial charge in [-0.25, -0.2) is 4.79 Å². The fourth-order valence-electron chi connectivity index (χ4n) is 2.30. The van der Waals surface area contributed by atoms with Crippen LogP contribution >= 0.6 is 47.0 Å². The van der Waals surface area contributed by atoms with Crippen LogP contribution in [0.4, 0.5) is 5.69 Å². The first-order chi connectivity index (χ1) is 14.2. The third-order valence-corrected chi connectivity index (χ3v) is 4.57. The summed E-state index contributed by atoms with van der Waals surface area (Å²) in [7, 11) is 1.27. The first-order valence-corrected chi connectivity index (χ1v) is 10.1. The van der Waals surface area contributed by atoms with Crippen LogP contribution in [0, 0.1) is 0 Å². The van der Waals surface area contributed by atoms with Gasteiger partial charge in [-0.2, -0.15) is 0 Å². The Labute approximate surface area is 194 Å². The molecule has 1 atom stereocenters. The maximum absolute atomic E-state index is 12.3. The Balaban J connectivity index is 2.06. The number of hydrogen-bond acceptors (Lipinski definition) is 4. The van der Waals surface area contributed by atoms with Gasteiger partial charge in [0.25, 0.3) is 0 Å². The summed E-state index contributed by atoms with van der Waals surface area (Å²) in [5.74, 6) is -1.04. The van der Waals surface area contributed by atoms with Crippen LogP contribution < -0.4 is 16.0 Å². The number of nitrogens with one attached hydrogen (secondary N) is 3. The van der Waals surface area contributed by atoms with Crippen molar-refractivity contribution >= 4 is 75.8 Å². The van der Waals surface area contributed by atoms with Crippen molar-refractivity contribution in [1.82, 2.24) is 10.6 Å². The van der Waals surface area contributed by atoms with E-state index in [1.54, 1.807) is 30.3 Å². The molecule has 0 aromatic heterocycles. The largest absolute Gasteiger partial charge is 0.465 e. The molecule has 158 valence electrons. The number of alkyl halides is 3. The van der Waals surface area contributed by atoms with Gasteiger partial charge in [-0.3, -0.25) is 4.79 Å². The molecule has 0 saturated carbocycles. The van der Waals surface area contributed by atoms with E-state index in [1.165, 1.54) is 13.2 Å². The second kappa shape index (κ2) is 11.2. The first-order valence-electron chi connectivity index (χ1n) is 8.56. The Morgan fingerprint density at radius 1 is 1.03 bits per heavy atom. The van der Waals surface area contributed by atoms with Crippen LogP contribution in [0.3, 0.4) is 0 Å². The normalized spacial score (nSPS) is 12.1. The van der Waals surface area contributed by atoms with Crippen molar-refractivity contribution in [2.75, 3.05) is 12.4 Å². The number of para-hydroxylation sites is 1. The minimum atomic E-state index is -1.91. The van der Waals surface area contributed by atoms with Crippen molar-refractivity contribution in [3.63, 3.8) is 0 Å². The number of rotatable bonds is 6. The van der Waals surface area contributed by atoms with Gasteiger partial charge < -0.3 is 20.7 Å². The molecule has 0 bridgehead atoms. The third kappa shape index (κ3) is 7.50. The van der Waals surface area contributed by atoms with Gasteiger partial charge in [0.2, 0.25) is 9.70 Å². The highest BCUT2D eigenvalue weighted by Crippen LogP contribution is 2.29. The standard InChI is InChI=1S/C20H18Cl3N3O3S/c1-29-17(28)14-9-5-6-10-15(14)24-19(30)26-18(20(21,22)23)25-16(27)12-11-13-7-3-2-4-8-13/h2-12,18H,1H3,(H,25,27)(H2,24,26,30). The van der Waals surface area contributed by atoms with Gasteiger partial charge >= 0.3 is 5.97 Å². The van der Waals surface area contributed by atoms with E-state index in [9.17, 15) is 9.59 Å². The highest BCUT2D eigenvalue weighted by atomic mass is 35.6. The second-order valence-corrected chi connectivity index (χ2v) is 8.64. The molecule has 0 radical (unpaired) electrons. The Morgan fingerprint density at radius 3 is 2.30 bits per heavy atom. The van der Waals surface area contributed by atoms with Gasteiger partial charge in [0.1, 0.15) is 6.17 Å². The quantitative estimate of drug-likeness (QED) is 0.186. The number of ether oxygens (including phenoxy) is 1. The summed E-state index contributed by atoms with van der Waals surface area (Å²) in [6.07, 6.45) is 1.78. The number of anilines is 1. The number of benzene rings is 2. The Morgan fingerprint density at radius 2 is 1.67 bits per heavy atom. The van der Waals surface area contributed by atoms with E-state index in [1.807, 2.05) is 30.3 Å². The number of thiocarbonyl (C=S) groups is 1. The molecule has 2 aromatic rings. The average Bonchev–Trinajstić information content (AvgIpc) is 2.71. The van der Waals surface area contributed by atoms with Crippen molar-refractivity contribution < 1.29 is 14.3 Å². The maximum Gasteiger partial charge on any atom is 0.339 e. The smallest absolute Gasteiger partial charge is 0.339 e. The van der Waals surface area contributed by atoms with Gasteiger partial charge in [0.05, 0.1) is 18.4 Å². The molecule has 2 rings (SSSR count). The van der Waals surface area contributed by atoms with E-state index < -0.39 is 21.8 Å². The lowest BCUT2D eigenvalue weighted by Gasteiger charge is -2.27. The van der Waals surface area contributed by atoms with Crippen LogP contribution in [0.15, 0.2) is 60.7 Å². The number of methoxy groups -OCH3 is 1. The zero-order valence-corrected chi connectivity index (χ0v) is 18.8. The fraction of sp³-hybridized carbons (Fsp3) is 0.150. The number of amides is 1. The predicted octanol–water partition coefficient (Wildman–Crippen LogP) is 4.29. The van der Waals surface area contributed by atoms with Crippen LogP contribution in [0.2, 0.25) is 0 Å². The number of halogens is 3. The average molecular weight is 487 g/mol. The fourth-order valence-corrected chi connectivity index (χ4v) is 2.85. The first kappa shape index (κ1) is 24.0. The molecule has 1 amide bonds. The molecule has 6 nitrogen and oxygen atoms in total. The van der Waals surface area contributed by atoms with Gasteiger partial charge in [0, 0.05) is 6.08 Å². The minimum Gasteiger partial charge on any atom is -0.465 e. The van der Waals surface area contributed by atoms with E-state index in [4.69, 9.17) is 51.8 Å². The molecule has 0 spiro atoms. The van der Waals surface area contributed by atoms with Crippen molar-refractivity contribution in [3.05, 3.63) is 71.8 Å². The summed E-state index contributed by atoms with van der Waals surface area (Å²) in [6, 6.07) is 15.8. The number of esters is 1. The highest BCUT2D eigenvalue weighted by molar-refractivity contribution is 7.80. The van der Waals surface area contributed by atoms with Gasteiger partial charge in [-0.05, 0) is 36.0 Å².